The number of ether oxygens (including phenoxy) is 1. The van der Waals surface area contributed by atoms with Crippen molar-refractivity contribution in [3.63, 3.8) is 0 Å². The number of carboxylic acids is 1. The SMILES string of the molecule is C#CCN(CC(=O)O)c1nccc(OC(C)C)n1. The first kappa shape index (κ1) is 13.8. The predicted molar refractivity (Wildman–Crippen MR) is 66.5 cm³/mol. The highest BCUT2D eigenvalue weighted by molar-refractivity contribution is 5.72. The summed E-state index contributed by atoms with van der Waals surface area (Å²) in [6.07, 6.45) is 6.68. The minimum Gasteiger partial charge on any atom is -0.480 e. The topological polar surface area (TPSA) is 75.6 Å². The van der Waals surface area contributed by atoms with Gasteiger partial charge in [0.15, 0.2) is 0 Å². The number of hydrogen-bond donors (Lipinski definition) is 1. The molecule has 1 aromatic heterocycles. The van der Waals surface area contributed by atoms with Crippen LogP contribution in [0.3, 0.4) is 0 Å². The van der Waals surface area contributed by atoms with Crippen molar-refractivity contribution in [2.45, 2.75) is 20.0 Å². The number of rotatable bonds is 6. The van der Waals surface area contributed by atoms with E-state index in [0.717, 1.165) is 0 Å². The highest BCUT2D eigenvalue weighted by atomic mass is 16.5. The van der Waals surface area contributed by atoms with Crippen LogP contribution in [0.1, 0.15) is 13.8 Å². The number of aliphatic carboxylic acids is 1. The lowest BCUT2D eigenvalue weighted by Gasteiger charge is -2.18. The lowest BCUT2D eigenvalue weighted by Crippen LogP contribution is -2.31. The van der Waals surface area contributed by atoms with E-state index in [1.807, 2.05) is 13.8 Å². The molecule has 0 unspecified atom stereocenters. The monoisotopic (exact) mass is 249 g/mol. The van der Waals surface area contributed by atoms with Gasteiger partial charge in [-0.2, -0.15) is 4.98 Å². The number of nitrogens with zero attached hydrogens (tertiary/aromatic N) is 3. The third kappa shape index (κ3) is 4.29. The fraction of sp³-hybridized carbons (Fsp3) is 0.417. The van der Waals surface area contributed by atoms with Gasteiger partial charge in [-0.15, -0.1) is 6.42 Å². The summed E-state index contributed by atoms with van der Waals surface area (Å²) in [6.45, 7) is 3.61. The van der Waals surface area contributed by atoms with Crippen LogP contribution in [0.25, 0.3) is 0 Å². The minimum absolute atomic E-state index is 0.0201. The number of carboxylic acid groups (broad SMARTS) is 1. The third-order valence-corrected chi connectivity index (χ3v) is 1.86. The molecule has 0 bridgehead atoms. The van der Waals surface area contributed by atoms with Gasteiger partial charge in [-0.3, -0.25) is 4.79 Å². The highest BCUT2D eigenvalue weighted by Gasteiger charge is 2.13. The van der Waals surface area contributed by atoms with Crippen molar-refractivity contribution in [2.24, 2.45) is 0 Å². The molecule has 1 heterocycles. The van der Waals surface area contributed by atoms with Crippen molar-refractivity contribution in [1.82, 2.24) is 9.97 Å². The zero-order valence-corrected chi connectivity index (χ0v) is 10.3. The second-order valence-corrected chi connectivity index (χ2v) is 3.82. The normalized spacial score (nSPS) is 9.89. The van der Waals surface area contributed by atoms with Crippen LogP contribution in [-0.2, 0) is 4.79 Å². The zero-order chi connectivity index (χ0) is 13.5. The smallest absolute Gasteiger partial charge is 0.323 e. The van der Waals surface area contributed by atoms with E-state index in [0.29, 0.717) is 5.88 Å². The Labute approximate surface area is 106 Å². The molecule has 0 fully saturated rings. The van der Waals surface area contributed by atoms with Gasteiger partial charge in [0.2, 0.25) is 11.8 Å². The molecule has 0 amide bonds. The molecule has 18 heavy (non-hydrogen) atoms. The van der Waals surface area contributed by atoms with Crippen LogP contribution in [-0.4, -0.2) is 40.2 Å². The van der Waals surface area contributed by atoms with Gasteiger partial charge < -0.3 is 14.7 Å². The van der Waals surface area contributed by atoms with Crippen molar-refractivity contribution in [1.29, 1.82) is 0 Å². The van der Waals surface area contributed by atoms with Crippen LogP contribution < -0.4 is 9.64 Å². The van der Waals surface area contributed by atoms with Gasteiger partial charge in [0.25, 0.3) is 0 Å². The molecule has 1 rings (SSSR count). The first-order chi connectivity index (χ1) is 8.52. The standard InChI is InChI=1S/C12H15N3O3/c1-4-7-15(8-11(16)17)12-13-6-5-10(14-12)18-9(2)3/h1,5-6,9H,7-8H2,2-3H3,(H,16,17). The fourth-order valence-electron chi connectivity index (χ4n) is 1.26. The van der Waals surface area contributed by atoms with Gasteiger partial charge in [-0.25, -0.2) is 4.98 Å². The molecule has 0 spiro atoms. The van der Waals surface area contributed by atoms with Crippen LogP contribution in [0.2, 0.25) is 0 Å². The molecule has 0 aliphatic heterocycles. The molecule has 6 heteroatoms. The summed E-state index contributed by atoms with van der Waals surface area (Å²) >= 11 is 0. The molecule has 1 aromatic rings. The van der Waals surface area contributed by atoms with Crippen molar-refractivity contribution < 1.29 is 14.6 Å². The second-order valence-electron chi connectivity index (χ2n) is 3.82. The maximum Gasteiger partial charge on any atom is 0.323 e. The average Bonchev–Trinajstić information content (AvgIpc) is 2.27. The second kappa shape index (κ2) is 6.45. The van der Waals surface area contributed by atoms with E-state index < -0.39 is 5.97 Å². The Hall–Kier alpha value is -2.29. The van der Waals surface area contributed by atoms with Gasteiger partial charge >= 0.3 is 5.97 Å². The molecule has 96 valence electrons. The summed E-state index contributed by atoms with van der Waals surface area (Å²) in [5.41, 5.74) is 0. The maximum absolute atomic E-state index is 10.7. The summed E-state index contributed by atoms with van der Waals surface area (Å²) in [5.74, 6) is 2.01. The predicted octanol–water partition coefficient (Wildman–Crippen LogP) is 0.788. The molecule has 0 radical (unpaired) electrons. The van der Waals surface area contributed by atoms with E-state index in [4.69, 9.17) is 16.3 Å². The van der Waals surface area contributed by atoms with E-state index in [1.54, 1.807) is 6.07 Å². The van der Waals surface area contributed by atoms with Gasteiger partial charge in [-0.05, 0) is 13.8 Å². The van der Waals surface area contributed by atoms with Crippen molar-refractivity contribution in [3.8, 4) is 18.2 Å². The fourth-order valence-corrected chi connectivity index (χ4v) is 1.26. The summed E-state index contributed by atoms with van der Waals surface area (Å²) in [6, 6.07) is 1.61. The minimum atomic E-state index is -0.996. The van der Waals surface area contributed by atoms with E-state index >= 15 is 0 Å². The Bertz CT molecular complexity index is 454. The molecular formula is C12H15N3O3. The number of hydrogen-bond acceptors (Lipinski definition) is 5. The van der Waals surface area contributed by atoms with Gasteiger partial charge in [0, 0.05) is 12.3 Å². The molecule has 0 saturated heterocycles. The first-order valence-corrected chi connectivity index (χ1v) is 5.43. The Morgan fingerprint density at radius 2 is 2.39 bits per heavy atom. The van der Waals surface area contributed by atoms with Gasteiger partial charge in [-0.1, -0.05) is 5.92 Å². The van der Waals surface area contributed by atoms with Crippen molar-refractivity contribution >= 4 is 11.9 Å². The summed E-state index contributed by atoms with van der Waals surface area (Å²) in [4.78, 5) is 20.2. The quantitative estimate of drug-likeness (QED) is 0.751. The Balaban J connectivity index is 2.90. The van der Waals surface area contributed by atoms with Crippen molar-refractivity contribution in [3.05, 3.63) is 12.3 Å². The molecule has 0 saturated carbocycles. The molecule has 0 atom stereocenters. The van der Waals surface area contributed by atoms with Crippen LogP contribution in [0, 0.1) is 12.3 Å². The average molecular weight is 249 g/mol. The van der Waals surface area contributed by atoms with E-state index in [9.17, 15) is 4.79 Å². The Morgan fingerprint density at radius 3 is 2.94 bits per heavy atom. The maximum atomic E-state index is 10.7. The third-order valence-electron chi connectivity index (χ3n) is 1.86. The number of terminal acetylenes is 1. The van der Waals surface area contributed by atoms with Crippen LogP contribution in [0.5, 0.6) is 5.88 Å². The first-order valence-electron chi connectivity index (χ1n) is 5.43. The summed E-state index contributed by atoms with van der Waals surface area (Å²) in [5, 5.41) is 8.79. The zero-order valence-electron chi connectivity index (χ0n) is 10.3. The number of aromatic nitrogens is 2. The molecule has 1 N–H and O–H groups in total. The lowest BCUT2D eigenvalue weighted by atomic mass is 10.4. The Kier molecular flexibility index (Phi) is 4.93. The summed E-state index contributed by atoms with van der Waals surface area (Å²) in [7, 11) is 0. The highest BCUT2D eigenvalue weighted by Crippen LogP contribution is 2.13. The molecule has 6 nitrogen and oxygen atoms in total. The van der Waals surface area contributed by atoms with Crippen molar-refractivity contribution in [2.75, 3.05) is 18.0 Å². The van der Waals surface area contributed by atoms with Gasteiger partial charge in [0.1, 0.15) is 6.54 Å². The number of anilines is 1. The Morgan fingerprint density at radius 1 is 1.67 bits per heavy atom. The van der Waals surface area contributed by atoms with Gasteiger partial charge in [0.05, 0.1) is 12.6 Å². The summed E-state index contributed by atoms with van der Waals surface area (Å²) < 4.78 is 5.41. The largest absolute Gasteiger partial charge is 0.480 e. The molecular weight excluding hydrogens is 234 g/mol. The van der Waals surface area contributed by atoms with E-state index in [1.165, 1.54) is 11.1 Å². The van der Waals surface area contributed by atoms with Crippen LogP contribution >= 0.6 is 0 Å². The van der Waals surface area contributed by atoms with E-state index in [2.05, 4.69) is 15.9 Å². The number of carbonyl (C=O) groups is 1. The molecule has 0 aromatic carbocycles. The molecule has 0 aliphatic rings. The lowest BCUT2D eigenvalue weighted by molar-refractivity contribution is -0.135. The van der Waals surface area contributed by atoms with E-state index in [-0.39, 0.29) is 25.1 Å². The van der Waals surface area contributed by atoms with Crippen LogP contribution in [0.4, 0.5) is 5.95 Å². The van der Waals surface area contributed by atoms with Crippen LogP contribution in [0.15, 0.2) is 12.3 Å². The molecule has 0 aliphatic carbocycles.